The van der Waals surface area contributed by atoms with Crippen LogP contribution in [-0.2, 0) is 22.6 Å². The van der Waals surface area contributed by atoms with Crippen molar-refractivity contribution in [2.75, 3.05) is 6.54 Å². The lowest BCUT2D eigenvalue weighted by Gasteiger charge is -2.34. The number of benzene rings is 1. The first-order valence-corrected chi connectivity index (χ1v) is 7.73. The summed E-state index contributed by atoms with van der Waals surface area (Å²) in [6.45, 7) is 1.42. The van der Waals surface area contributed by atoms with Gasteiger partial charge in [0.15, 0.2) is 0 Å². The van der Waals surface area contributed by atoms with Gasteiger partial charge < -0.3 is 10.0 Å². The maximum absolute atomic E-state index is 12.7. The SMILES string of the molecule is O=C(O)[C@@H]1CCC[C@H](C(=O)N2CCc3ccccc3C2)C1. The third-order valence-corrected chi connectivity index (χ3v) is 4.82. The summed E-state index contributed by atoms with van der Waals surface area (Å²) in [7, 11) is 0. The molecule has 1 aromatic rings. The second-order valence-electron chi connectivity index (χ2n) is 6.18. The molecule has 3 rings (SSSR count). The highest BCUT2D eigenvalue weighted by molar-refractivity contribution is 5.80. The van der Waals surface area contributed by atoms with Crippen LogP contribution in [0.5, 0.6) is 0 Å². The maximum Gasteiger partial charge on any atom is 0.306 e. The Bertz CT molecular complexity index is 555. The monoisotopic (exact) mass is 287 g/mol. The van der Waals surface area contributed by atoms with E-state index in [1.165, 1.54) is 11.1 Å². The Hall–Kier alpha value is -1.84. The van der Waals surface area contributed by atoms with Crippen molar-refractivity contribution in [3.8, 4) is 0 Å². The minimum Gasteiger partial charge on any atom is -0.481 e. The number of amides is 1. The van der Waals surface area contributed by atoms with Gasteiger partial charge in [-0.3, -0.25) is 9.59 Å². The second-order valence-corrected chi connectivity index (χ2v) is 6.18. The van der Waals surface area contributed by atoms with Gasteiger partial charge >= 0.3 is 5.97 Å². The van der Waals surface area contributed by atoms with E-state index in [4.69, 9.17) is 5.11 Å². The summed E-state index contributed by atoms with van der Waals surface area (Å²) in [4.78, 5) is 25.7. The van der Waals surface area contributed by atoms with Crippen LogP contribution in [-0.4, -0.2) is 28.4 Å². The number of carboxylic acids is 1. The highest BCUT2D eigenvalue weighted by atomic mass is 16.4. The van der Waals surface area contributed by atoms with Crippen LogP contribution in [0.3, 0.4) is 0 Å². The Balaban J connectivity index is 1.67. The van der Waals surface area contributed by atoms with E-state index in [-0.39, 0.29) is 17.7 Å². The number of hydrogen-bond donors (Lipinski definition) is 1. The van der Waals surface area contributed by atoms with Gasteiger partial charge in [0.2, 0.25) is 5.91 Å². The molecule has 1 fully saturated rings. The fourth-order valence-corrected chi connectivity index (χ4v) is 3.58. The normalized spacial score (nSPS) is 25.2. The van der Waals surface area contributed by atoms with Gasteiger partial charge in [-0.2, -0.15) is 0 Å². The van der Waals surface area contributed by atoms with Gasteiger partial charge in [-0.15, -0.1) is 0 Å². The Morgan fingerprint density at radius 3 is 2.57 bits per heavy atom. The Labute approximate surface area is 124 Å². The van der Waals surface area contributed by atoms with Crippen molar-refractivity contribution in [1.29, 1.82) is 0 Å². The van der Waals surface area contributed by atoms with Crippen molar-refractivity contribution in [1.82, 2.24) is 4.90 Å². The molecule has 112 valence electrons. The molecule has 0 bridgehead atoms. The van der Waals surface area contributed by atoms with Crippen molar-refractivity contribution in [3.63, 3.8) is 0 Å². The van der Waals surface area contributed by atoms with E-state index in [1.54, 1.807) is 0 Å². The molecule has 0 saturated heterocycles. The zero-order chi connectivity index (χ0) is 14.8. The summed E-state index contributed by atoms with van der Waals surface area (Å²) in [6.07, 6.45) is 3.80. The van der Waals surface area contributed by atoms with Crippen molar-refractivity contribution in [2.45, 2.75) is 38.6 Å². The van der Waals surface area contributed by atoms with Crippen LogP contribution in [0.25, 0.3) is 0 Å². The molecule has 1 aliphatic heterocycles. The van der Waals surface area contributed by atoms with Crippen LogP contribution in [0.1, 0.15) is 36.8 Å². The minimum atomic E-state index is -0.753. The van der Waals surface area contributed by atoms with Crippen molar-refractivity contribution in [3.05, 3.63) is 35.4 Å². The van der Waals surface area contributed by atoms with Gasteiger partial charge in [0.05, 0.1) is 5.92 Å². The summed E-state index contributed by atoms with van der Waals surface area (Å²) >= 11 is 0. The Kier molecular flexibility index (Phi) is 3.95. The van der Waals surface area contributed by atoms with Gasteiger partial charge in [0.1, 0.15) is 0 Å². The molecule has 0 unspecified atom stereocenters. The molecular weight excluding hydrogens is 266 g/mol. The number of carbonyl (C=O) groups is 2. The van der Waals surface area contributed by atoms with Crippen LogP contribution in [0, 0.1) is 11.8 Å². The molecule has 2 aliphatic rings. The van der Waals surface area contributed by atoms with Crippen LogP contribution in [0.4, 0.5) is 0 Å². The average Bonchev–Trinajstić information content (AvgIpc) is 2.53. The highest BCUT2D eigenvalue weighted by Crippen LogP contribution is 2.31. The van der Waals surface area contributed by atoms with Crippen LogP contribution in [0.2, 0.25) is 0 Å². The standard InChI is InChI=1S/C17H21NO3/c19-16(13-6-3-7-14(10-13)17(20)21)18-9-8-12-4-1-2-5-15(12)11-18/h1-2,4-5,13-14H,3,6-11H2,(H,20,21)/t13-,14+/m0/s1. The van der Waals surface area contributed by atoms with Gasteiger partial charge in [-0.1, -0.05) is 30.7 Å². The van der Waals surface area contributed by atoms with Crippen molar-refractivity contribution in [2.24, 2.45) is 11.8 Å². The molecule has 1 aliphatic carbocycles. The zero-order valence-electron chi connectivity index (χ0n) is 12.1. The van der Waals surface area contributed by atoms with E-state index in [0.717, 1.165) is 25.8 Å². The molecule has 1 N–H and O–H groups in total. The second kappa shape index (κ2) is 5.88. The number of carboxylic acid groups (broad SMARTS) is 1. The summed E-state index contributed by atoms with van der Waals surface area (Å²) in [5.41, 5.74) is 2.55. The summed E-state index contributed by atoms with van der Waals surface area (Å²) in [5, 5.41) is 9.15. The zero-order valence-corrected chi connectivity index (χ0v) is 12.1. The Morgan fingerprint density at radius 2 is 1.81 bits per heavy atom. The molecule has 1 saturated carbocycles. The first-order valence-electron chi connectivity index (χ1n) is 7.73. The largest absolute Gasteiger partial charge is 0.481 e. The van der Waals surface area contributed by atoms with Gasteiger partial charge in [0, 0.05) is 19.0 Å². The smallest absolute Gasteiger partial charge is 0.306 e. The molecule has 2 atom stereocenters. The molecule has 4 heteroatoms. The van der Waals surface area contributed by atoms with Crippen LogP contribution in [0.15, 0.2) is 24.3 Å². The first kappa shape index (κ1) is 14.1. The number of fused-ring (bicyclic) bond motifs is 1. The molecule has 21 heavy (non-hydrogen) atoms. The lowest BCUT2D eigenvalue weighted by molar-refractivity contribution is -0.145. The summed E-state index contributed by atoms with van der Waals surface area (Å²) < 4.78 is 0. The predicted molar refractivity (Wildman–Crippen MR) is 78.6 cm³/mol. The quantitative estimate of drug-likeness (QED) is 0.909. The lowest BCUT2D eigenvalue weighted by Crippen LogP contribution is -2.41. The minimum absolute atomic E-state index is 0.106. The summed E-state index contributed by atoms with van der Waals surface area (Å²) in [5.74, 6) is -1.05. The molecule has 1 amide bonds. The van der Waals surface area contributed by atoms with Crippen molar-refractivity contribution < 1.29 is 14.7 Å². The third-order valence-electron chi connectivity index (χ3n) is 4.82. The number of nitrogens with zero attached hydrogens (tertiary/aromatic N) is 1. The molecule has 1 heterocycles. The fraction of sp³-hybridized carbons (Fsp3) is 0.529. The van der Waals surface area contributed by atoms with Gasteiger partial charge in [-0.25, -0.2) is 0 Å². The number of carbonyl (C=O) groups excluding carboxylic acids is 1. The number of rotatable bonds is 2. The molecule has 1 aromatic carbocycles. The fourth-order valence-electron chi connectivity index (χ4n) is 3.58. The molecular formula is C17H21NO3. The van der Waals surface area contributed by atoms with E-state index in [2.05, 4.69) is 12.1 Å². The van der Waals surface area contributed by atoms with E-state index in [9.17, 15) is 9.59 Å². The maximum atomic E-state index is 12.7. The van der Waals surface area contributed by atoms with Gasteiger partial charge in [0.25, 0.3) is 0 Å². The first-order chi connectivity index (χ1) is 10.1. The average molecular weight is 287 g/mol. The van der Waals surface area contributed by atoms with E-state index < -0.39 is 5.97 Å². The Morgan fingerprint density at radius 1 is 1.10 bits per heavy atom. The molecule has 0 radical (unpaired) electrons. The highest BCUT2D eigenvalue weighted by Gasteiger charge is 2.34. The van der Waals surface area contributed by atoms with E-state index >= 15 is 0 Å². The third kappa shape index (κ3) is 2.94. The molecule has 4 nitrogen and oxygen atoms in total. The van der Waals surface area contributed by atoms with Crippen LogP contribution >= 0.6 is 0 Å². The van der Waals surface area contributed by atoms with Crippen LogP contribution < -0.4 is 0 Å². The number of hydrogen-bond acceptors (Lipinski definition) is 2. The topological polar surface area (TPSA) is 57.6 Å². The molecule has 0 spiro atoms. The van der Waals surface area contributed by atoms with Crippen molar-refractivity contribution >= 4 is 11.9 Å². The summed E-state index contributed by atoms with van der Waals surface area (Å²) in [6, 6.07) is 8.25. The predicted octanol–water partition coefficient (Wildman–Crippen LogP) is 2.46. The molecule has 0 aromatic heterocycles. The van der Waals surface area contributed by atoms with E-state index in [0.29, 0.717) is 19.4 Å². The lowest BCUT2D eigenvalue weighted by atomic mass is 9.80. The van der Waals surface area contributed by atoms with E-state index in [1.807, 2.05) is 17.0 Å². The van der Waals surface area contributed by atoms with Gasteiger partial charge in [-0.05, 0) is 36.8 Å². The number of aliphatic carboxylic acids is 1.